The van der Waals surface area contributed by atoms with Crippen LogP contribution in [0.3, 0.4) is 0 Å². The number of nitrogens with zero attached hydrogens (tertiary/aromatic N) is 2. The lowest BCUT2D eigenvalue weighted by Crippen LogP contribution is -2.45. The number of ether oxygens (including phenoxy) is 2. The second kappa shape index (κ2) is 7.98. The molecule has 4 rings (SSSR count). The van der Waals surface area contributed by atoms with Gasteiger partial charge in [-0.3, -0.25) is 4.79 Å². The summed E-state index contributed by atoms with van der Waals surface area (Å²) in [5.41, 5.74) is 3.35. The van der Waals surface area contributed by atoms with Gasteiger partial charge in [0.25, 0.3) is 5.91 Å². The van der Waals surface area contributed by atoms with Crippen LogP contribution in [0.5, 0.6) is 5.88 Å². The van der Waals surface area contributed by atoms with Crippen molar-refractivity contribution in [3.63, 3.8) is 0 Å². The molecule has 5 nitrogen and oxygen atoms in total. The molecule has 1 aliphatic heterocycles. The van der Waals surface area contributed by atoms with Crippen molar-refractivity contribution in [1.82, 2.24) is 9.88 Å². The molecular weight excluding hydrogens is 352 g/mol. The van der Waals surface area contributed by atoms with Gasteiger partial charge in [-0.1, -0.05) is 37.3 Å². The number of fused-ring (bicyclic) bond motifs is 1. The Hall–Kier alpha value is -2.92. The van der Waals surface area contributed by atoms with Gasteiger partial charge in [-0.2, -0.15) is 0 Å². The SMILES string of the molecule is CC[C@@H]1CN(C(=O)c2cccc(-c3cc4ccccc4nc3OC)c2)CCO1. The van der Waals surface area contributed by atoms with E-state index in [2.05, 4.69) is 18.0 Å². The predicted octanol–water partition coefficient (Wildman–Crippen LogP) is 4.16. The smallest absolute Gasteiger partial charge is 0.254 e. The molecule has 1 atom stereocenters. The zero-order chi connectivity index (χ0) is 19.5. The lowest BCUT2D eigenvalue weighted by atomic mass is 10.0. The molecule has 0 aliphatic carbocycles. The molecule has 1 saturated heterocycles. The van der Waals surface area contributed by atoms with Gasteiger partial charge in [-0.15, -0.1) is 0 Å². The second-order valence-corrected chi connectivity index (χ2v) is 6.97. The molecule has 0 spiro atoms. The third kappa shape index (κ3) is 3.58. The van der Waals surface area contributed by atoms with Gasteiger partial charge in [0.05, 0.1) is 25.3 Å². The van der Waals surface area contributed by atoms with Crippen LogP contribution in [0.4, 0.5) is 0 Å². The molecular formula is C23H24N2O3. The lowest BCUT2D eigenvalue weighted by molar-refractivity contribution is -0.0226. The zero-order valence-electron chi connectivity index (χ0n) is 16.2. The molecule has 1 aromatic heterocycles. The molecule has 2 aromatic carbocycles. The molecule has 1 amide bonds. The summed E-state index contributed by atoms with van der Waals surface area (Å²) in [5, 5.41) is 1.04. The molecule has 0 bridgehead atoms. The molecule has 0 radical (unpaired) electrons. The summed E-state index contributed by atoms with van der Waals surface area (Å²) in [6.07, 6.45) is 1.02. The Balaban J connectivity index is 1.69. The van der Waals surface area contributed by atoms with E-state index in [0.29, 0.717) is 31.1 Å². The molecule has 0 unspecified atom stereocenters. The molecule has 28 heavy (non-hydrogen) atoms. The summed E-state index contributed by atoms with van der Waals surface area (Å²) < 4.78 is 11.2. The van der Waals surface area contributed by atoms with Gasteiger partial charge < -0.3 is 14.4 Å². The van der Waals surface area contributed by atoms with Crippen molar-refractivity contribution in [1.29, 1.82) is 0 Å². The van der Waals surface area contributed by atoms with Crippen LogP contribution in [0.2, 0.25) is 0 Å². The van der Waals surface area contributed by atoms with E-state index >= 15 is 0 Å². The van der Waals surface area contributed by atoms with Crippen molar-refractivity contribution in [2.24, 2.45) is 0 Å². The number of carbonyl (C=O) groups excluding carboxylic acids is 1. The third-order valence-corrected chi connectivity index (χ3v) is 5.18. The molecule has 3 aromatic rings. The maximum atomic E-state index is 13.0. The van der Waals surface area contributed by atoms with Gasteiger partial charge in [-0.25, -0.2) is 4.98 Å². The number of benzene rings is 2. The van der Waals surface area contributed by atoms with Gasteiger partial charge in [0, 0.05) is 29.6 Å². The molecule has 0 N–H and O–H groups in total. The highest BCUT2D eigenvalue weighted by Gasteiger charge is 2.24. The Morgan fingerprint density at radius 1 is 1.21 bits per heavy atom. The van der Waals surface area contributed by atoms with E-state index in [-0.39, 0.29) is 12.0 Å². The van der Waals surface area contributed by atoms with E-state index < -0.39 is 0 Å². The first-order valence-electron chi connectivity index (χ1n) is 9.64. The quantitative estimate of drug-likeness (QED) is 0.686. The highest BCUT2D eigenvalue weighted by Crippen LogP contribution is 2.32. The Bertz CT molecular complexity index is 1000. The Labute approximate surface area is 164 Å². The number of para-hydroxylation sites is 1. The molecule has 144 valence electrons. The minimum Gasteiger partial charge on any atom is -0.481 e. The number of pyridine rings is 1. The first kappa shape index (κ1) is 18.4. The lowest BCUT2D eigenvalue weighted by Gasteiger charge is -2.32. The van der Waals surface area contributed by atoms with Crippen LogP contribution in [-0.4, -0.2) is 48.7 Å². The summed E-state index contributed by atoms with van der Waals surface area (Å²) in [4.78, 5) is 19.5. The van der Waals surface area contributed by atoms with Crippen LogP contribution in [0.25, 0.3) is 22.0 Å². The molecule has 0 saturated carbocycles. The van der Waals surface area contributed by atoms with Gasteiger partial charge in [0.15, 0.2) is 0 Å². The number of amides is 1. The largest absolute Gasteiger partial charge is 0.481 e. The van der Waals surface area contributed by atoms with Crippen molar-refractivity contribution in [3.05, 3.63) is 60.2 Å². The van der Waals surface area contributed by atoms with Gasteiger partial charge in [-0.05, 0) is 36.2 Å². The maximum Gasteiger partial charge on any atom is 0.254 e. The van der Waals surface area contributed by atoms with Crippen LogP contribution >= 0.6 is 0 Å². The third-order valence-electron chi connectivity index (χ3n) is 5.18. The van der Waals surface area contributed by atoms with E-state index in [1.807, 2.05) is 53.4 Å². The predicted molar refractivity (Wildman–Crippen MR) is 110 cm³/mol. The maximum absolute atomic E-state index is 13.0. The number of methoxy groups -OCH3 is 1. The van der Waals surface area contributed by atoms with Crippen molar-refractivity contribution in [2.45, 2.75) is 19.4 Å². The van der Waals surface area contributed by atoms with Crippen LogP contribution in [0.1, 0.15) is 23.7 Å². The Kier molecular flexibility index (Phi) is 5.26. The summed E-state index contributed by atoms with van der Waals surface area (Å²) in [6, 6.07) is 17.7. The number of morpholine rings is 1. The highest BCUT2D eigenvalue weighted by molar-refractivity contribution is 5.96. The monoisotopic (exact) mass is 376 g/mol. The first-order valence-corrected chi connectivity index (χ1v) is 9.64. The minimum atomic E-state index is 0.0383. The number of rotatable bonds is 4. The Morgan fingerprint density at radius 3 is 2.89 bits per heavy atom. The highest BCUT2D eigenvalue weighted by atomic mass is 16.5. The average molecular weight is 376 g/mol. The van der Waals surface area contributed by atoms with Crippen molar-refractivity contribution < 1.29 is 14.3 Å². The molecule has 1 fully saturated rings. The average Bonchev–Trinajstić information content (AvgIpc) is 2.77. The number of hydrogen-bond acceptors (Lipinski definition) is 4. The number of aromatic nitrogens is 1. The number of carbonyl (C=O) groups is 1. The molecule has 1 aliphatic rings. The molecule has 2 heterocycles. The summed E-state index contributed by atoms with van der Waals surface area (Å²) >= 11 is 0. The minimum absolute atomic E-state index is 0.0383. The Morgan fingerprint density at radius 2 is 2.07 bits per heavy atom. The van der Waals surface area contributed by atoms with Crippen molar-refractivity contribution in [3.8, 4) is 17.0 Å². The fourth-order valence-corrected chi connectivity index (χ4v) is 3.61. The van der Waals surface area contributed by atoms with E-state index in [1.54, 1.807) is 7.11 Å². The van der Waals surface area contributed by atoms with Gasteiger partial charge in [0.1, 0.15) is 0 Å². The fourth-order valence-electron chi connectivity index (χ4n) is 3.61. The zero-order valence-corrected chi connectivity index (χ0v) is 16.2. The van der Waals surface area contributed by atoms with Crippen LogP contribution in [0, 0.1) is 0 Å². The summed E-state index contributed by atoms with van der Waals surface area (Å²) in [7, 11) is 1.62. The standard InChI is InChI=1S/C23H24N2O3/c1-3-19-15-25(11-12-28-19)23(26)18-9-6-8-16(13-18)20-14-17-7-4-5-10-21(17)24-22(20)27-2/h4-10,13-14,19H,3,11-12,15H2,1-2H3/t19-/m1/s1. The van der Waals surface area contributed by atoms with Crippen LogP contribution < -0.4 is 4.74 Å². The number of hydrogen-bond donors (Lipinski definition) is 0. The fraction of sp³-hybridized carbons (Fsp3) is 0.304. The van der Waals surface area contributed by atoms with Crippen LogP contribution in [-0.2, 0) is 4.74 Å². The summed E-state index contributed by atoms with van der Waals surface area (Å²) in [5.74, 6) is 0.594. The van der Waals surface area contributed by atoms with Gasteiger partial charge >= 0.3 is 0 Å². The summed E-state index contributed by atoms with van der Waals surface area (Å²) in [6.45, 7) is 3.94. The topological polar surface area (TPSA) is 51.7 Å². The van der Waals surface area contributed by atoms with E-state index in [4.69, 9.17) is 9.47 Å². The van der Waals surface area contributed by atoms with Crippen LogP contribution in [0.15, 0.2) is 54.6 Å². The van der Waals surface area contributed by atoms with E-state index in [9.17, 15) is 4.79 Å². The first-order chi connectivity index (χ1) is 13.7. The van der Waals surface area contributed by atoms with Crippen molar-refractivity contribution in [2.75, 3.05) is 26.8 Å². The van der Waals surface area contributed by atoms with E-state index in [0.717, 1.165) is 28.5 Å². The normalized spacial score (nSPS) is 16.9. The van der Waals surface area contributed by atoms with E-state index in [1.165, 1.54) is 0 Å². The van der Waals surface area contributed by atoms with Gasteiger partial charge in [0.2, 0.25) is 5.88 Å². The second-order valence-electron chi connectivity index (χ2n) is 6.97. The van der Waals surface area contributed by atoms with Crippen molar-refractivity contribution >= 4 is 16.8 Å². The molecule has 5 heteroatoms.